The summed E-state index contributed by atoms with van der Waals surface area (Å²) < 4.78 is 8.46. The predicted octanol–water partition coefficient (Wildman–Crippen LogP) is 1.09. The Bertz CT molecular complexity index is 991. The monoisotopic (exact) mass is 370 g/mol. The van der Waals surface area contributed by atoms with Gasteiger partial charge in [0.05, 0.1) is 12.7 Å². The van der Waals surface area contributed by atoms with E-state index in [1.807, 2.05) is 12.1 Å². The molecule has 0 aliphatic carbocycles. The van der Waals surface area contributed by atoms with Crippen LogP contribution in [0.15, 0.2) is 41.6 Å². The zero-order chi connectivity index (χ0) is 19.4. The summed E-state index contributed by atoms with van der Waals surface area (Å²) in [6.07, 6.45) is 3.22. The van der Waals surface area contributed by atoms with Crippen LogP contribution in [0.3, 0.4) is 0 Å². The SMILES string of the molecule is CC(=O)CCc1ccc(OCC(O)Cn2cnc3c(cnn3C)c2=O)cc1. The maximum absolute atomic E-state index is 12.4. The number of carbonyl (C=O) groups excluding carboxylic acids is 1. The molecule has 27 heavy (non-hydrogen) atoms. The zero-order valence-electron chi connectivity index (χ0n) is 15.3. The number of Topliss-reactive ketones (excluding diaryl/α,β-unsaturated/α-hetero) is 1. The number of aromatic nitrogens is 4. The summed E-state index contributed by atoms with van der Waals surface area (Å²) in [5.41, 5.74) is 1.31. The van der Waals surface area contributed by atoms with Gasteiger partial charge < -0.3 is 14.6 Å². The molecule has 0 saturated heterocycles. The lowest BCUT2D eigenvalue weighted by atomic mass is 10.1. The molecule has 8 nitrogen and oxygen atoms in total. The van der Waals surface area contributed by atoms with Gasteiger partial charge in [0, 0.05) is 13.5 Å². The molecule has 0 radical (unpaired) electrons. The van der Waals surface area contributed by atoms with Crippen LogP contribution in [0, 0.1) is 0 Å². The Morgan fingerprint density at radius 3 is 2.74 bits per heavy atom. The number of ketones is 1. The molecule has 1 atom stereocenters. The highest BCUT2D eigenvalue weighted by molar-refractivity contribution is 5.75. The van der Waals surface area contributed by atoms with Crippen molar-refractivity contribution in [3.05, 3.63) is 52.7 Å². The predicted molar refractivity (Wildman–Crippen MR) is 99.7 cm³/mol. The molecule has 0 amide bonds. The van der Waals surface area contributed by atoms with Gasteiger partial charge in [-0.15, -0.1) is 0 Å². The topological polar surface area (TPSA) is 99.2 Å². The average molecular weight is 370 g/mol. The number of aliphatic hydroxyl groups excluding tert-OH is 1. The van der Waals surface area contributed by atoms with Gasteiger partial charge >= 0.3 is 0 Å². The van der Waals surface area contributed by atoms with Crippen LogP contribution in [0.1, 0.15) is 18.9 Å². The summed E-state index contributed by atoms with van der Waals surface area (Å²) in [6.45, 7) is 1.70. The lowest BCUT2D eigenvalue weighted by Crippen LogP contribution is -2.30. The van der Waals surface area contributed by atoms with E-state index in [0.717, 1.165) is 5.56 Å². The molecule has 0 saturated carbocycles. The zero-order valence-corrected chi connectivity index (χ0v) is 15.3. The van der Waals surface area contributed by atoms with Crippen LogP contribution in [0.25, 0.3) is 11.0 Å². The van der Waals surface area contributed by atoms with Gasteiger partial charge in [0.15, 0.2) is 5.65 Å². The van der Waals surface area contributed by atoms with Crippen LogP contribution in [-0.2, 0) is 24.8 Å². The Kier molecular flexibility index (Phi) is 5.66. The summed E-state index contributed by atoms with van der Waals surface area (Å²) in [7, 11) is 1.72. The van der Waals surface area contributed by atoms with Gasteiger partial charge in [0.2, 0.25) is 0 Å². The highest BCUT2D eigenvalue weighted by Gasteiger charge is 2.12. The summed E-state index contributed by atoms with van der Waals surface area (Å²) >= 11 is 0. The highest BCUT2D eigenvalue weighted by Crippen LogP contribution is 2.14. The summed E-state index contributed by atoms with van der Waals surface area (Å²) in [5, 5.41) is 14.6. The first kappa shape index (κ1) is 18.8. The minimum Gasteiger partial charge on any atom is -0.491 e. The molecule has 3 aromatic rings. The lowest BCUT2D eigenvalue weighted by Gasteiger charge is -2.14. The normalized spacial score (nSPS) is 12.3. The molecule has 1 aromatic carbocycles. The van der Waals surface area contributed by atoms with Crippen molar-refractivity contribution in [3.63, 3.8) is 0 Å². The fraction of sp³-hybridized carbons (Fsp3) is 0.368. The van der Waals surface area contributed by atoms with E-state index in [2.05, 4.69) is 10.1 Å². The Hall–Kier alpha value is -3.00. The molecule has 8 heteroatoms. The van der Waals surface area contributed by atoms with Crippen molar-refractivity contribution in [2.45, 2.75) is 32.4 Å². The average Bonchev–Trinajstić information content (AvgIpc) is 3.03. The molecular weight excluding hydrogens is 348 g/mol. The maximum Gasteiger partial charge on any atom is 0.264 e. The van der Waals surface area contributed by atoms with Crippen molar-refractivity contribution in [2.24, 2.45) is 7.05 Å². The summed E-state index contributed by atoms with van der Waals surface area (Å²) in [6, 6.07) is 7.40. The van der Waals surface area contributed by atoms with Crippen LogP contribution in [0.5, 0.6) is 5.75 Å². The van der Waals surface area contributed by atoms with Crippen LogP contribution >= 0.6 is 0 Å². The van der Waals surface area contributed by atoms with Crippen molar-refractivity contribution in [2.75, 3.05) is 6.61 Å². The van der Waals surface area contributed by atoms with Gasteiger partial charge in [-0.05, 0) is 31.0 Å². The first-order valence-electron chi connectivity index (χ1n) is 8.70. The summed E-state index contributed by atoms with van der Waals surface area (Å²) in [4.78, 5) is 27.6. The third kappa shape index (κ3) is 4.59. The number of fused-ring (bicyclic) bond motifs is 1. The van der Waals surface area contributed by atoms with Crippen molar-refractivity contribution in [1.29, 1.82) is 0 Å². The van der Waals surface area contributed by atoms with E-state index < -0.39 is 6.10 Å². The van der Waals surface area contributed by atoms with Crippen LogP contribution < -0.4 is 10.3 Å². The third-order valence-electron chi connectivity index (χ3n) is 4.26. The number of aryl methyl sites for hydroxylation is 2. The van der Waals surface area contributed by atoms with Gasteiger partial charge in [0.25, 0.3) is 5.56 Å². The second-order valence-corrected chi connectivity index (χ2v) is 6.52. The van der Waals surface area contributed by atoms with Gasteiger partial charge in [0.1, 0.15) is 36.0 Å². The molecule has 1 N–H and O–H groups in total. The molecule has 0 spiro atoms. The quantitative estimate of drug-likeness (QED) is 0.637. The van der Waals surface area contributed by atoms with E-state index in [1.165, 1.54) is 21.8 Å². The van der Waals surface area contributed by atoms with Crippen LogP contribution in [0.4, 0.5) is 0 Å². The number of hydrogen-bond donors (Lipinski definition) is 1. The molecule has 0 bridgehead atoms. The van der Waals surface area contributed by atoms with Gasteiger partial charge in [-0.25, -0.2) is 4.98 Å². The van der Waals surface area contributed by atoms with Crippen LogP contribution in [-0.4, -0.2) is 42.9 Å². The largest absolute Gasteiger partial charge is 0.491 e. The minimum absolute atomic E-state index is 0.0459. The number of ether oxygens (including phenoxy) is 1. The molecule has 142 valence electrons. The first-order chi connectivity index (χ1) is 12.9. The van der Waals surface area contributed by atoms with Gasteiger partial charge in [-0.3, -0.25) is 14.0 Å². The van der Waals surface area contributed by atoms with Crippen molar-refractivity contribution < 1.29 is 14.6 Å². The lowest BCUT2D eigenvalue weighted by molar-refractivity contribution is -0.116. The van der Waals surface area contributed by atoms with E-state index in [9.17, 15) is 14.7 Å². The van der Waals surface area contributed by atoms with Gasteiger partial charge in [-0.2, -0.15) is 5.10 Å². The van der Waals surface area contributed by atoms with Crippen molar-refractivity contribution >= 4 is 16.8 Å². The van der Waals surface area contributed by atoms with E-state index >= 15 is 0 Å². The van der Waals surface area contributed by atoms with Gasteiger partial charge in [-0.1, -0.05) is 12.1 Å². The number of rotatable bonds is 8. The Morgan fingerprint density at radius 2 is 2.04 bits per heavy atom. The smallest absolute Gasteiger partial charge is 0.264 e. The number of carbonyl (C=O) groups is 1. The van der Waals surface area contributed by atoms with Crippen molar-refractivity contribution in [1.82, 2.24) is 19.3 Å². The molecule has 0 aliphatic heterocycles. The number of aliphatic hydroxyl groups is 1. The number of nitrogens with zero attached hydrogens (tertiary/aromatic N) is 4. The van der Waals surface area contributed by atoms with Crippen LogP contribution in [0.2, 0.25) is 0 Å². The number of benzene rings is 1. The molecule has 3 rings (SSSR count). The molecule has 0 aliphatic rings. The second kappa shape index (κ2) is 8.13. The second-order valence-electron chi connectivity index (χ2n) is 6.52. The van der Waals surface area contributed by atoms with Crippen molar-refractivity contribution in [3.8, 4) is 5.75 Å². The van der Waals surface area contributed by atoms with E-state index in [0.29, 0.717) is 29.6 Å². The van der Waals surface area contributed by atoms with E-state index in [-0.39, 0.29) is 24.5 Å². The molecule has 0 fully saturated rings. The third-order valence-corrected chi connectivity index (χ3v) is 4.26. The minimum atomic E-state index is -0.865. The number of hydrogen-bond acceptors (Lipinski definition) is 6. The summed E-state index contributed by atoms with van der Waals surface area (Å²) in [5.74, 6) is 0.779. The fourth-order valence-electron chi connectivity index (χ4n) is 2.74. The molecule has 2 heterocycles. The molecule has 2 aromatic heterocycles. The Morgan fingerprint density at radius 1 is 1.30 bits per heavy atom. The molecular formula is C19H22N4O4. The molecule has 1 unspecified atom stereocenters. The maximum atomic E-state index is 12.4. The van der Waals surface area contributed by atoms with E-state index in [1.54, 1.807) is 26.1 Å². The standard InChI is InChI=1S/C19H22N4O4/c1-13(24)3-4-14-5-7-16(8-6-14)27-11-15(25)10-23-12-20-18-17(19(23)26)9-21-22(18)2/h5-9,12,15,25H,3-4,10-11H2,1-2H3. The Balaban J connectivity index is 1.57. The Labute approximate surface area is 156 Å². The first-order valence-corrected chi connectivity index (χ1v) is 8.70. The fourth-order valence-corrected chi connectivity index (χ4v) is 2.74. The van der Waals surface area contributed by atoms with E-state index in [4.69, 9.17) is 4.74 Å². The highest BCUT2D eigenvalue weighted by atomic mass is 16.5.